The molecule has 3 N–H and O–H groups in total. The summed E-state index contributed by atoms with van der Waals surface area (Å²) in [5.74, 6) is -0.588. The number of esters is 1. The number of amides is 1. The molecule has 2 unspecified atom stereocenters. The summed E-state index contributed by atoms with van der Waals surface area (Å²) in [4.78, 5) is 31.6. The molecular formula is C27H35N3O7S. The van der Waals surface area contributed by atoms with E-state index in [1.54, 1.807) is 0 Å². The lowest BCUT2D eigenvalue weighted by molar-refractivity contribution is -0.149. The molecule has 0 aliphatic carbocycles. The van der Waals surface area contributed by atoms with E-state index in [9.17, 15) is 18.0 Å². The van der Waals surface area contributed by atoms with Crippen LogP contribution in [-0.4, -0.2) is 60.9 Å². The van der Waals surface area contributed by atoms with Crippen molar-refractivity contribution in [1.82, 2.24) is 15.2 Å². The number of carbonyl (C=O) groups excluding carboxylic acids is 2. The summed E-state index contributed by atoms with van der Waals surface area (Å²) in [7, 11) is -0.949. The number of ether oxygens (including phenoxy) is 1. The van der Waals surface area contributed by atoms with Crippen molar-refractivity contribution >= 4 is 33.2 Å². The van der Waals surface area contributed by atoms with E-state index in [-0.39, 0.29) is 24.7 Å². The average Bonchev–Trinajstić information content (AvgIpc) is 3.27. The SMILES string of the molecule is CCC(C)CC(C(=O)N[C@@H](Cc1c[nH]c2ccccc12)C(=O)OCc1ccc(OS(=O)(=O)O)cc1)N(C)C. The maximum Gasteiger partial charge on any atom is 0.446 e. The molecule has 3 rings (SSSR count). The highest BCUT2D eigenvalue weighted by Gasteiger charge is 2.29. The van der Waals surface area contributed by atoms with Crippen molar-refractivity contribution in [2.24, 2.45) is 5.92 Å². The van der Waals surface area contributed by atoms with Crippen LogP contribution in [0.15, 0.2) is 54.7 Å². The fraction of sp³-hybridized carbons (Fsp3) is 0.407. The minimum absolute atomic E-state index is 0.0805. The number of nitrogens with one attached hydrogen (secondary N) is 2. The lowest BCUT2D eigenvalue weighted by Gasteiger charge is -2.28. The van der Waals surface area contributed by atoms with E-state index in [0.717, 1.165) is 22.9 Å². The number of nitrogens with zero attached hydrogens (tertiary/aromatic N) is 1. The van der Waals surface area contributed by atoms with Gasteiger partial charge in [-0.1, -0.05) is 50.6 Å². The van der Waals surface area contributed by atoms with Crippen molar-refractivity contribution in [3.8, 4) is 5.75 Å². The van der Waals surface area contributed by atoms with E-state index in [1.165, 1.54) is 24.3 Å². The highest BCUT2D eigenvalue weighted by molar-refractivity contribution is 7.81. The van der Waals surface area contributed by atoms with Crippen LogP contribution in [0.1, 0.15) is 37.8 Å². The summed E-state index contributed by atoms with van der Waals surface area (Å²) in [6, 6.07) is 12.1. The molecule has 3 aromatic rings. The smallest absolute Gasteiger partial charge is 0.446 e. The van der Waals surface area contributed by atoms with Crippen molar-refractivity contribution in [1.29, 1.82) is 0 Å². The number of fused-ring (bicyclic) bond motifs is 1. The highest BCUT2D eigenvalue weighted by atomic mass is 32.3. The number of carbonyl (C=O) groups is 2. The van der Waals surface area contributed by atoms with Crippen LogP contribution >= 0.6 is 0 Å². The van der Waals surface area contributed by atoms with Crippen molar-refractivity contribution in [3.05, 3.63) is 65.9 Å². The Hall–Kier alpha value is -3.41. The highest BCUT2D eigenvalue weighted by Crippen LogP contribution is 2.21. The number of aromatic nitrogens is 1. The van der Waals surface area contributed by atoms with Gasteiger partial charge in [0.15, 0.2) is 0 Å². The second-order valence-electron chi connectivity index (χ2n) is 9.62. The molecule has 38 heavy (non-hydrogen) atoms. The Labute approximate surface area is 223 Å². The van der Waals surface area contributed by atoms with Crippen LogP contribution in [0.2, 0.25) is 0 Å². The van der Waals surface area contributed by atoms with E-state index in [2.05, 4.69) is 28.3 Å². The molecule has 1 heterocycles. The fourth-order valence-corrected chi connectivity index (χ4v) is 4.45. The number of likely N-dealkylation sites (N-methyl/N-ethyl adjacent to an activating group) is 1. The fourth-order valence-electron chi connectivity index (χ4n) is 4.10. The maximum atomic E-state index is 13.3. The number of aromatic amines is 1. The average molecular weight is 546 g/mol. The van der Waals surface area contributed by atoms with Crippen molar-refractivity contribution in [2.45, 2.75) is 51.8 Å². The van der Waals surface area contributed by atoms with Gasteiger partial charge in [0.05, 0.1) is 6.04 Å². The molecule has 0 spiro atoms. The third-order valence-electron chi connectivity index (χ3n) is 6.45. The van der Waals surface area contributed by atoms with Crippen LogP contribution in [0, 0.1) is 5.92 Å². The Morgan fingerprint density at radius 2 is 1.79 bits per heavy atom. The van der Waals surface area contributed by atoms with Gasteiger partial charge in [-0.05, 0) is 55.8 Å². The van der Waals surface area contributed by atoms with Crippen LogP contribution in [-0.2, 0) is 37.8 Å². The minimum atomic E-state index is -4.63. The molecule has 11 heteroatoms. The Kier molecular flexibility index (Phi) is 9.90. The van der Waals surface area contributed by atoms with Gasteiger partial charge in [0, 0.05) is 23.5 Å². The van der Waals surface area contributed by atoms with E-state index < -0.39 is 28.5 Å². The standard InChI is InChI=1S/C27H35N3O7S/c1-5-18(2)14-25(30(3)4)26(31)29-24(15-20-16-28-23-9-7-6-8-22(20)23)27(32)36-17-19-10-12-21(13-11-19)37-38(33,34)35/h6-13,16,18,24-25,28H,5,14-15,17H2,1-4H3,(H,29,31)(H,33,34,35)/t18?,24-,25?/m0/s1. The van der Waals surface area contributed by atoms with Gasteiger partial charge >= 0.3 is 16.4 Å². The van der Waals surface area contributed by atoms with Crippen LogP contribution in [0.25, 0.3) is 10.9 Å². The summed E-state index contributed by atoms with van der Waals surface area (Å²) in [5.41, 5.74) is 2.37. The van der Waals surface area contributed by atoms with Crippen molar-refractivity contribution < 1.29 is 31.5 Å². The Balaban J connectivity index is 1.77. The number of benzene rings is 2. The van der Waals surface area contributed by atoms with Gasteiger partial charge in [-0.15, -0.1) is 0 Å². The number of hydrogen-bond acceptors (Lipinski definition) is 7. The number of para-hydroxylation sites is 1. The molecule has 0 saturated carbocycles. The largest absolute Gasteiger partial charge is 0.459 e. The molecule has 0 aliphatic rings. The molecule has 3 atom stereocenters. The number of H-pyrrole nitrogens is 1. The second kappa shape index (κ2) is 12.9. The zero-order chi connectivity index (χ0) is 27.9. The molecule has 0 radical (unpaired) electrons. The van der Waals surface area contributed by atoms with Crippen molar-refractivity contribution in [2.75, 3.05) is 14.1 Å². The van der Waals surface area contributed by atoms with E-state index in [0.29, 0.717) is 17.9 Å². The topological polar surface area (TPSA) is 138 Å². The molecule has 0 saturated heterocycles. The molecule has 0 bridgehead atoms. The molecule has 1 aromatic heterocycles. The summed E-state index contributed by atoms with van der Waals surface area (Å²) < 4.78 is 40.5. The van der Waals surface area contributed by atoms with E-state index >= 15 is 0 Å². The van der Waals surface area contributed by atoms with Gasteiger partial charge in [-0.2, -0.15) is 8.42 Å². The molecule has 10 nitrogen and oxygen atoms in total. The van der Waals surface area contributed by atoms with Gasteiger partial charge in [-0.3, -0.25) is 14.2 Å². The summed E-state index contributed by atoms with van der Waals surface area (Å²) >= 11 is 0. The van der Waals surface area contributed by atoms with Crippen LogP contribution in [0.5, 0.6) is 5.75 Å². The predicted molar refractivity (Wildman–Crippen MR) is 144 cm³/mol. The first kappa shape index (κ1) is 29.2. The Morgan fingerprint density at radius 1 is 1.11 bits per heavy atom. The number of rotatable bonds is 13. The summed E-state index contributed by atoms with van der Waals surface area (Å²) in [6.45, 7) is 4.07. The molecule has 0 aliphatic heterocycles. The molecule has 2 aromatic carbocycles. The molecule has 206 valence electrons. The second-order valence-corrected chi connectivity index (χ2v) is 10.6. The third kappa shape index (κ3) is 8.30. The van der Waals surface area contributed by atoms with Gasteiger partial charge in [0.2, 0.25) is 5.91 Å². The zero-order valence-corrected chi connectivity index (χ0v) is 22.8. The first-order chi connectivity index (χ1) is 18.0. The van der Waals surface area contributed by atoms with Crippen molar-refractivity contribution in [3.63, 3.8) is 0 Å². The Bertz CT molecular complexity index is 1340. The van der Waals surface area contributed by atoms with Crippen LogP contribution in [0.4, 0.5) is 0 Å². The summed E-state index contributed by atoms with van der Waals surface area (Å²) in [5, 5.41) is 3.87. The van der Waals surface area contributed by atoms with Gasteiger partial charge in [0.1, 0.15) is 18.4 Å². The molecular weight excluding hydrogens is 510 g/mol. The van der Waals surface area contributed by atoms with Crippen LogP contribution < -0.4 is 9.50 Å². The van der Waals surface area contributed by atoms with Gasteiger partial charge in [-0.25, -0.2) is 4.79 Å². The van der Waals surface area contributed by atoms with E-state index in [1.807, 2.05) is 49.5 Å². The lowest BCUT2D eigenvalue weighted by Crippen LogP contribution is -2.51. The quantitative estimate of drug-likeness (QED) is 0.219. The predicted octanol–water partition coefficient (Wildman–Crippen LogP) is 3.49. The lowest BCUT2D eigenvalue weighted by atomic mass is 9.97. The third-order valence-corrected chi connectivity index (χ3v) is 6.86. The summed E-state index contributed by atoms with van der Waals surface area (Å²) in [6.07, 6.45) is 3.65. The normalized spacial score (nSPS) is 14.2. The molecule has 0 fully saturated rings. The first-order valence-electron chi connectivity index (χ1n) is 12.4. The minimum Gasteiger partial charge on any atom is -0.459 e. The Morgan fingerprint density at radius 3 is 2.42 bits per heavy atom. The van der Waals surface area contributed by atoms with Crippen LogP contribution in [0.3, 0.4) is 0 Å². The molecule has 1 amide bonds. The monoisotopic (exact) mass is 545 g/mol. The maximum absolute atomic E-state index is 13.3. The van der Waals surface area contributed by atoms with Gasteiger partial charge in [0.25, 0.3) is 0 Å². The first-order valence-corrected chi connectivity index (χ1v) is 13.8. The van der Waals surface area contributed by atoms with E-state index in [4.69, 9.17) is 9.29 Å². The number of hydrogen-bond donors (Lipinski definition) is 3. The zero-order valence-electron chi connectivity index (χ0n) is 22.0. The van der Waals surface area contributed by atoms with Gasteiger partial charge < -0.3 is 19.2 Å².